The summed E-state index contributed by atoms with van der Waals surface area (Å²) < 4.78 is 30.0. The SMILES string of the molecule is Cn1cc(-c2ccc3c(c2)CN(C2CCC(=O)NC2=O)C3=O)nc1-c1c(F)cccc1F. The summed E-state index contributed by atoms with van der Waals surface area (Å²) in [6.45, 7) is 0.232. The fourth-order valence-corrected chi connectivity index (χ4v) is 4.28. The number of carbonyl (C=O) groups excluding carboxylic acids is 3. The third kappa shape index (κ3) is 3.17. The molecule has 0 saturated carbocycles. The molecule has 162 valence electrons. The number of imidazole rings is 1. The Balaban J connectivity index is 1.46. The normalized spacial score (nSPS) is 18.2. The van der Waals surface area contributed by atoms with Crippen molar-refractivity contribution in [1.29, 1.82) is 0 Å². The maximum atomic E-state index is 14.2. The topological polar surface area (TPSA) is 84.3 Å². The number of nitrogens with one attached hydrogen (secondary N) is 1. The number of amides is 3. The summed E-state index contributed by atoms with van der Waals surface area (Å²) in [5.41, 5.74) is 2.18. The highest BCUT2D eigenvalue weighted by Crippen LogP contribution is 2.32. The Bertz CT molecular complexity index is 1280. The van der Waals surface area contributed by atoms with Gasteiger partial charge >= 0.3 is 0 Å². The van der Waals surface area contributed by atoms with Gasteiger partial charge in [0.25, 0.3) is 5.91 Å². The fourth-order valence-electron chi connectivity index (χ4n) is 4.28. The van der Waals surface area contributed by atoms with Gasteiger partial charge in [-0.05, 0) is 36.2 Å². The highest BCUT2D eigenvalue weighted by molar-refractivity contribution is 6.05. The van der Waals surface area contributed by atoms with Gasteiger partial charge in [-0.2, -0.15) is 0 Å². The Kier molecular flexibility index (Phi) is 4.61. The lowest BCUT2D eigenvalue weighted by atomic mass is 10.0. The van der Waals surface area contributed by atoms with E-state index in [0.29, 0.717) is 16.8 Å². The molecule has 1 unspecified atom stereocenters. The Morgan fingerprint density at radius 2 is 1.84 bits per heavy atom. The maximum absolute atomic E-state index is 14.2. The number of rotatable bonds is 3. The fraction of sp³-hybridized carbons (Fsp3) is 0.217. The number of halogens is 2. The van der Waals surface area contributed by atoms with E-state index in [2.05, 4.69) is 10.3 Å². The predicted octanol–water partition coefficient (Wildman–Crippen LogP) is 2.79. The Morgan fingerprint density at radius 1 is 1.09 bits per heavy atom. The molecule has 2 aliphatic heterocycles. The van der Waals surface area contributed by atoms with Crippen molar-refractivity contribution in [2.24, 2.45) is 7.05 Å². The number of hydrogen-bond acceptors (Lipinski definition) is 4. The van der Waals surface area contributed by atoms with Crippen molar-refractivity contribution in [2.45, 2.75) is 25.4 Å². The van der Waals surface area contributed by atoms with Crippen molar-refractivity contribution in [3.8, 4) is 22.6 Å². The van der Waals surface area contributed by atoms with Crippen LogP contribution in [0.4, 0.5) is 8.78 Å². The molecular formula is C23H18F2N4O3. The number of aryl methyl sites for hydroxylation is 1. The number of aromatic nitrogens is 2. The molecular weight excluding hydrogens is 418 g/mol. The zero-order valence-electron chi connectivity index (χ0n) is 17.1. The van der Waals surface area contributed by atoms with E-state index in [4.69, 9.17) is 0 Å². The number of nitrogens with zero attached hydrogens (tertiary/aromatic N) is 3. The number of fused-ring (bicyclic) bond motifs is 1. The smallest absolute Gasteiger partial charge is 0.255 e. The zero-order chi connectivity index (χ0) is 22.6. The summed E-state index contributed by atoms with van der Waals surface area (Å²) in [5.74, 6) is -2.33. The van der Waals surface area contributed by atoms with Crippen LogP contribution in [-0.4, -0.2) is 38.2 Å². The largest absolute Gasteiger partial charge is 0.333 e. The lowest BCUT2D eigenvalue weighted by Gasteiger charge is -2.29. The molecule has 1 aromatic heterocycles. The van der Waals surface area contributed by atoms with Gasteiger partial charge in [-0.15, -0.1) is 0 Å². The van der Waals surface area contributed by atoms with Gasteiger partial charge in [-0.25, -0.2) is 13.8 Å². The van der Waals surface area contributed by atoms with Gasteiger partial charge in [0.15, 0.2) is 0 Å². The van der Waals surface area contributed by atoms with Crippen LogP contribution in [0.25, 0.3) is 22.6 Å². The van der Waals surface area contributed by atoms with E-state index in [0.717, 1.165) is 5.56 Å². The summed E-state index contributed by atoms with van der Waals surface area (Å²) in [5, 5.41) is 2.28. The summed E-state index contributed by atoms with van der Waals surface area (Å²) in [6, 6.07) is 8.13. The molecule has 3 heterocycles. The number of hydrogen-bond donors (Lipinski definition) is 1. The molecule has 7 nitrogen and oxygen atoms in total. The summed E-state index contributed by atoms with van der Waals surface area (Å²) in [7, 11) is 1.65. The molecule has 1 saturated heterocycles. The molecule has 0 aliphatic carbocycles. The predicted molar refractivity (Wildman–Crippen MR) is 110 cm³/mol. The molecule has 2 aromatic carbocycles. The number of piperidine rings is 1. The lowest BCUT2D eigenvalue weighted by Crippen LogP contribution is -2.52. The van der Waals surface area contributed by atoms with Gasteiger partial charge < -0.3 is 9.47 Å². The molecule has 2 aliphatic rings. The first-order chi connectivity index (χ1) is 15.3. The second kappa shape index (κ2) is 7.37. The first kappa shape index (κ1) is 20.0. The summed E-state index contributed by atoms with van der Waals surface area (Å²) in [4.78, 5) is 42.4. The average Bonchev–Trinajstić information content (AvgIpc) is 3.28. The molecule has 1 fully saturated rings. The van der Waals surface area contributed by atoms with Crippen molar-refractivity contribution in [1.82, 2.24) is 19.8 Å². The van der Waals surface area contributed by atoms with Crippen molar-refractivity contribution in [3.63, 3.8) is 0 Å². The molecule has 0 spiro atoms. The molecule has 0 radical (unpaired) electrons. The summed E-state index contributed by atoms with van der Waals surface area (Å²) >= 11 is 0. The maximum Gasteiger partial charge on any atom is 0.255 e. The van der Waals surface area contributed by atoms with E-state index in [-0.39, 0.29) is 42.6 Å². The van der Waals surface area contributed by atoms with Crippen molar-refractivity contribution >= 4 is 17.7 Å². The van der Waals surface area contributed by atoms with Crippen molar-refractivity contribution in [3.05, 3.63) is 65.4 Å². The van der Waals surface area contributed by atoms with Gasteiger partial charge in [0.1, 0.15) is 23.5 Å². The number of carbonyl (C=O) groups is 3. The molecule has 3 amide bonds. The minimum absolute atomic E-state index is 0.150. The molecule has 0 bridgehead atoms. The van der Waals surface area contributed by atoms with E-state index in [1.54, 1.807) is 36.0 Å². The minimum Gasteiger partial charge on any atom is -0.333 e. The van der Waals surface area contributed by atoms with Crippen LogP contribution in [0.1, 0.15) is 28.8 Å². The van der Waals surface area contributed by atoms with E-state index < -0.39 is 23.6 Å². The molecule has 1 atom stereocenters. The minimum atomic E-state index is -0.704. The standard InChI is InChI=1S/C23H18F2N4O3/c1-28-11-17(26-21(28)20-15(24)3-2-4-16(20)25)12-5-6-14-13(9-12)10-29(23(14)32)18-7-8-19(30)27-22(18)31/h2-6,9,11,18H,7-8,10H2,1H3,(H,27,30,31). The van der Waals surface area contributed by atoms with Crippen LogP contribution in [0.2, 0.25) is 0 Å². The van der Waals surface area contributed by atoms with E-state index in [1.165, 1.54) is 23.1 Å². The number of imide groups is 1. The Labute approximate surface area is 181 Å². The van der Waals surface area contributed by atoms with Crippen LogP contribution in [0, 0.1) is 11.6 Å². The van der Waals surface area contributed by atoms with Gasteiger partial charge in [0.05, 0.1) is 11.3 Å². The van der Waals surface area contributed by atoms with E-state index in [1.807, 2.05) is 0 Å². The molecule has 5 rings (SSSR count). The second-order valence-electron chi connectivity index (χ2n) is 7.93. The Morgan fingerprint density at radius 3 is 2.56 bits per heavy atom. The van der Waals surface area contributed by atoms with Crippen molar-refractivity contribution < 1.29 is 23.2 Å². The van der Waals surface area contributed by atoms with Crippen LogP contribution in [0.3, 0.4) is 0 Å². The zero-order valence-corrected chi connectivity index (χ0v) is 17.1. The first-order valence-electron chi connectivity index (χ1n) is 10.1. The molecule has 3 aromatic rings. The Hall–Kier alpha value is -3.88. The molecule has 9 heteroatoms. The van der Waals surface area contributed by atoms with E-state index >= 15 is 0 Å². The van der Waals surface area contributed by atoms with Crippen LogP contribution in [0.15, 0.2) is 42.6 Å². The highest BCUT2D eigenvalue weighted by atomic mass is 19.1. The summed E-state index contributed by atoms with van der Waals surface area (Å²) in [6.07, 6.45) is 2.14. The third-order valence-corrected chi connectivity index (χ3v) is 5.88. The first-order valence-corrected chi connectivity index (χ1v) is 10.1. The van der Waals surface area contributed by atoms with Crippen LogP contribution < -0.4 is 5.32 Å². The van der Waals surface area contributed by atoms with E-state index in [9.17, 15) is 23.2 Å². The average molecular weight is 436 g/mol. The van der Waals surface area contributed by atoms with Crippen LogP contribution in [-0.2, 0) is 23.2 Å². The highest BCUT2D eigenvalue weighted by Gasteiger charge is 2.39. The number of benzene rings is 2. The third-order valence-electron chi connectivity index (χ3n) is 5.88. The van der Waals surface area contributed by atoms with Crippen molar-refractivity contribution in [2.75, 3.05) is 0 Å². The van der Waals surface area contributed by atoms with Gasteiger partial charge in [0.2, 0.25) is 11.8 Å². The quantitative estimate of drug-likeness (QED) is 0.640. The monoisotopic (exact) mass is 436 g/mol. The van der Waals surface area contributed by atoms with Crippen LogP contribution >= 0.6 is 0 Å². The van der Waals surface area contributed by atoms with Gasteiger partial charge in [-0.3, -0.25) is 19.7 Å². The van der Waals surface area contributed by atoms with Crippen LogP contribution in [0.5, 0.6) is 0 Å². The lowest BCUT2D eigenvalue weighted by molar-refractivity contribution is -0.136. The molecule has 1 N–H and O–H groups in total. The molecule has 32 heavy (non-hydrogen) atoms. The second-order valence-corrected chi connectivity index (χ2v) is 7.93. The van der Waals surface area contributed by atoms with Gasteiger partial charge in [0, 0.05) is 37.3 Å². The van der Waals surface area contributed by atoms with Gasteiger partial charge in [-0.1, -0.05) is 12.1 Å².